The average Bonchev–Trinajstić information content (AvgIpc) is 2.31. The Morgan fingerprint density at radius 2 is 2.55 bits per heavy atom. The van der Waals surface area contributed by atoms with E-state index in [9.17, 15) is 4.21 Å². The lowest BCUT2D eigenvalue weighted by molar-refractivity contribution is 0.676. The van der Waals surface area contributed by atoms with Gasteiger partial charge in [0, 0.05) is 22.2 Å². The van der Waals surface area contributed by atoms with Gasteiger partial charge >= 0.3 is 0 Å². The molecular formula is C6H8BrNOS2. The lowest BCUT2D eigenvalue weighted by atomic mass is 10.5. The zero-order valence-electron chi connectivity index (χ0n) is 5.96. The molecule has 62 valence electrons. The van der Waals surface area contributed by atoms with Gasteiger partial charge in [-0.3, -0.25) is 0 Å². The van der Waals surface area contributed by atoms with Crippen LogP contribution in [0.1, 0.15) is 4.88 Å². The molecule has 1 N–H and O–H groups in total. The van der Waals surface area contributed by atoms with E-state index >= 15 is 0 Å². The van der Waals surface area contributed by atoms with Gasteiger partial charge in [-0.2, -0.15) is 0 Å². The van der Waals surface area contributed by atoms with Crippen molar-refractivity contribution >= 4 is 38.3 Å². The fourth-order valence-corrected chi connectivity index (χ4v) is 2.49. The summed E-state index contributed by atoms with van der Waals surface area (Å²) in [7, 11) is -0.923. The van der Waals surface area contributed by atoms with Crippen LogP contribution < -0.4 is 4.72 Å². The normalized spacial score (nSPS) is 13.3. The first-order chi connectivity index (χ1) is 5.20. The number of hydrogen-bond donors (Lipinski definition) is 1. The highest BCUT2D eigenvalue weighted by Gasteiger charge is 2.00. The summed E-state index contributed by atoms with van der Waals surface area (Å²) in [5, 5.41) is 2.00. The Morgan fingerprint density at radius 3 is 3.00 bits per heavy atom. The molecule has 0 bridgehead atoms. The minimum Gasteiger partial charge on any atom is -0.243 e. The summed E-state index contributed by atoms with van der Waals surface area (Å²) in [4.78, 5) is 1.18. The molecule has 1 aromatic rings. The highest BCUT2D eigenvalue weighted by atomic mass is 79.9. The van der Waals surface area contributed by atoms with Crippen molar-refractivity contribution < 1.29 is 4.21 Å². The van der Waals surface area contributed by atoms with Gasteiger partial charge < -0.3 is 0 Å². The SMILES string of the molecule is CS(=O)NCc1sccc1Br. The van der Waals surface area contributed by atoms with E-state index in [0.717, 1.165) is 4.47 Å². The summed E-state index contributed by atoms with van der Waals surface area (Å²) < 4.78 is 14.6. The Kier molecular flexibility index (Phi) is 3.71. The molecule has 0 spiro atoms. The summed E-state index contributed by atoms with van der Waals surface area (Å²) in [6.45, 7) is 0.668. The minimum absolute atomic E-state index is 0.668. The van der Waals surface area contributed by atoms with Crippen molar-refractivity contribution in [2.24, 2.45) is 0 Å². The van der Waals surface area contributed by atoms with Crippen molar-refractivity contribution in [3.05, 3.63) is 20.8 Å². The second-order valence-corrected chi connectivity index (χ2v) is 5.02. The van der Waals surface area contributed by atoms with Gasteiger partial charge in [-0.1, -0.05) is 0 Å². The maximum absolute atomic E-state index is 10.6. The van der Waals surface area contributed by atoms with Crippen molar-refractivity contribution in [1.29, 1.82) is 0 Å². The van der Waals surface area contributed by atoms with E-state index in [1.54, 1.807) is 17.6 Å². The number of thiophene rings is 1. The van der Waals surface area contributed by atoms with E-state index in [-0.39, 0.29) is 0 Å². The Bertz CT molecular complexity index is 261. The molecule has 0 saturated carbocycles. The summed E-state index contributed by atoms with van der Waals surface area (Å²) in [6.07, 6.45) is 1.63. The van der Waals surface area contributed by atoms with Crippen molar-refractivity contribution in [2.45, 2.75) is 6.54 Å². The van der Waals surface area contributed by atoms with Crippen LogP contribution in [0.3, 0.4) is 0 Å². The van der Waals surface area contributed by atoms with Gasteiger partial charge in [-0.15, -0.1) is 11.3 Å². The third kappa shape index (κ3) is 3.02. The monoisotopic (exact) mass is 253 g/mol. The molecule has 0 aromatic carbocycles. The van der Waals surface area contributed by atoms with E-state index in [0.29, 0.717) is 6.54 Å². The molecule has 1 rings (SSSR count). The van der Waals surface area contributed by atoms with Crippen LogP contribution in [-0.2, 0) is 17.5 Å². The van der Waals surface area contributed by atoms with Crippen LogP contribution in [0.5, 0.6) is 0 Å². The van der Waals surface area contributed by atoms with Crippen LogP contribution in [0.25, 0.3) is 0 Å². The third-order valence-corrected chi connectivity index (χ3v) is 3.60. The fourth-order valence-electron chi connectivity index (χ4n) is 0.618. The Morgan fingerprint density at radius 1 is 1.82 bits per heavy atom. The summed E-state index contributed by atoms with van der Waals surface area (Å²) in [5.74, 6) is 0. The van der Waals surface area contributed by atoms with E-state index < -0.39 is 11.0 Å². The molecule has 0 fully saturated rings. The first-order valence-electron chi connectivity index (χ1n) is 2.99. The lowest BCUT2D eigenvalue weighted by Crippen LogP contribution is -2.13. The van der Waals surface area contributed by atoms with Gasteiger partial charge in [0.1, 0.15) is 0 Å². The second-order valence-electron chi connectivity index (χ2n) is 1.97. The fraction of sp³-hybridized carbons (Fsp3) is 0.333. The zero-order chi connectivity index (χ0) is 8.27. The molecule has 1 unspecified atom stereocenters. The molecular weight excluding hydrogens is 246 g/mol. The number of hydrogen-bond acceptors (Lipinski definition) is 2. The topological polar surface area (TPSA) is 29.1 Å². The molecule has 11 heavy (non-hydrogen) atoms. The predicted octanol–water partition coefficient (Wildman–Crippen LogP) is 1.89. The minimum atomic E-state index is -0.923. The maximum Gasteiger partial charge on any atom is 0.0886 e. The summed E-state index contributed by atoms with van der Waals surface area (Å²) in [6, 6.07) is 1.99. The second kappa shape index (κ2) is 4.35. The van der Waals surface area contributed by atoms with Gasteiger partial charge in [0.25, 0.3) is 0 Å². The molecule has 0 saturated heterocycles. The van der Waals surface area contributed by atoms with Crippen molar-refractivity contribution in [3.8, 4) is 0 Å². The average molecular weight is 254 g/mol. The van der Waals surface area contributed by atoms with Crippen LogP contribution in [0.15, 0.2) is 15.9 Å². The van der Waals surface area contributed by atoms with Crippen molar-refractivity contribution in [3.63, 3.8) is 0 Å². The largest absolute Gasteiger partial charge is 0.243 e. The number of halogens is 1. The molecule has 1 aromatic heterocycles. The molecule has 1 heterocycles. The van der Waals surface area contributed by atoms with E-state index in [1.165, 1.54) is 4.88 Å². The standard InChI is InChI=1S/C6H8BrNOS2/c1-11(9)8-4-6-5(7)2-3-10-6/h2-3,8H,4H2,1H3. The quantitative estimate of drug-likeness (QED) is 0.876. The van der Waals surface area contributed by atoms with E-state index in [4.69, 9.17) is 0 Å². The predicted molar refractivity (Wildman–Crippen MR) is 52.9 cm³/mol. The van der Waals surface area contributed by atoms with Crippen LogP contribution in [0.2, 0.25) is 0 Å². The first-order valence-corrected chi connectivity index (χ1v) is 6.22. The van der Waals surface area contributed by atoms with E-state index in [1.807, 2.05) is 11.4 Å². The Hall–Kier alpha value is 0.290. The molecule has 0 aliphatic carbocycles. The maximum atomic E-state index is 10.6. The summed E-state index contributed by atoms with van der Waals surface area (Å²) >= 11 is 5.04. The Balaban J connectivity index is 2.51. The number of rotatable bonds is 3. The highest BCUT2D eigenvalue weighted by Crippen LogP contribution is 2.21. The van der Waals surface area contributed by atoms with E-state index in [2.05, 4.69) is 20.7 Å². The van der Waals surface area contributed by atoms with Crippen molar-refractivity contribution in [2.75, 3.05) is 6.26 Å². The lowest BCUT2D eigenvalue weighted by Gasteiger charge is -1.97. The molecule has 0 radical (unpaired) electrons. The first kappa shape index (κ1) is 9.38. The van der Waals surface area contributed by atoms with Gasteiger partial charge in [-0.25, -0.2) is 8.93 Å². The van der Waals surface area contributed by atoms with Gasteiger partial charge in [0.2, 0.25) is 0 Å². The highest BCUT2D eigenvalue weighted by molar-refractivity contribution is 9.10. The van der Waals surface area contributed by atoms with Crippen LogP contribution in [0.4, 0.5) is 0 Å². The van der Waals surface area contributed by atoms with Crippen LogP contribution >= 0.6 is 27.3 Å². The molecule has 0 aliphatic rings. The van der Waals surface area contributed by atoms with Gasteiger partial charge in [0.05, 0.1) is 11.0 Å². The molecule has 5 heteroatoms. The molecule has 0 amide bonds. The zero-order valence-corrected chi connectivity index (χ0v) is 9.18. The summed E-state index contributed by atoms with van der Waals surface area (Å²) in [5.41, 5.74) is 0. The van der Waals surface area contributed by atoms with Crippen molar-refractivity contribution in [1.82, 2.24) is 4.72 Å². The molecule has 0 aliphatic heterocycles. The van der Waals surface area contributed by atoms with Crippen LogP contribution in [0, 0.1) is 0 Å². The molecule has 2 nitrogen and oxygen atoms in total. The van der Waals surface area contributed by atoms with Gasteiger partial charge in [0.15, 0.2) is 0 Å². The third-order valence-electron chi connectivity index (χ3n) is 1.13. The molecule has 1 atom stereocenters. The smallest absolute Gasteiger partial charge is 0.0886 e. The van der Waals surface area contributed by atoms with Crippen LogP contribution in [-0.4, -0.2) is 10.5 Å². The Labute approximate surface area is 80.7 Å². The van der Waals surface area contributed by atoms with Gasteiger partial charge in [-0.05, 0) is 27.4 Å². The number of nitrogens with one attached hydrogen (secondary N) is 1.